The highest BCUT2D eigenvalue weighted by molar-refractivity contribution is 6.00. The Morgan fingerprint density at radius 1 is 1.15 bits per heavy atom. The average Bonchev–Trinajstić information content (AvgIpc) is 3.79. The van der Waals surface area contributed by atoms with Gasteiger partial charge in [0.2, 0.25) is 0 Å². The van der Waals surface area contributed by atoms with Crippen molar-refractivity contribution >= 4 is 11.9 Å². The van der Waals surface area contributed by atoms with Crippen LogP contribution in [0.2, 0.25) is 0 Å². The second-order valence-corrected chi connectivity index (χ2v) is 12.6. The Balaban J connectivity index is 1.24. The molecule has 8 heteroatoms. The quantitative estimate of drug-likeness (QED) is 0.452. The molecule has 8 atom stereocenters. The number of aromatic hydroxyl groups is 1. The molecule has 1 spiro atoms. The van der Waals surface area contributed by atoms with E-state index in [1.807, 2.05) is 42.2 Å². The number of ether oxygens (including phenoxy) is 2. The first-order valence-corrected chi connectivity index (χ1v) is 14.3. The van der Waals surface area contributed by atoms with Gasteiger partial charge in [-0.25, -0.2) is 0 Å². The van der Waals surface area contributed by atoms with E-state index in [9.17, 15) is 19.8 Å². The molecule has 1 amide bonds. The average molecular weight is 531 g/mol. The van der Waals surface area contributed by atoms with E-state index in [1.54, 1.807) is 6.07 Å². The van der Waals surface area contributed by atoms with Gasteiger partial charge in [0, 0.05) is 23.7 Å². The first kappa shape index (κ1) is 23.8. The summed E-state index contributed by atoms with van der Waals surface area (Å²) in [5.74, 6) is 0.745. The van der Waals surface area contributed by atoms with Crippen molar-refractivity contribution in [2.45, 2.75) is 86.7 Å². The fraction of sp³-hybridized carbons (Fsp3) is 0.548. The molecule has 204 valence electrons. The summed E-state index contributed by atoms with van der Waals surface area (Å²) in [5.41, 5.74) is 1.54. The number of aliphatic hydroxyl groups is 1. The maximum absolute atomic E-state index is 14.0. The van der Waals surface area contributed by atoms with Crippen molar-refractivity contribution in [1.82, 2.24) is 9.80 Å². The van der Waals surface area contributed by atoms with Crippen LogP contribution in [0.5, 0.6) is 11.5 Å². The number of phenols is 1. The standard InChI is InChI=1S/C31H34N2O6/c1-16-7-10-23(34)26-25(16)30-14-22-27(32(22)15-17-8-9-17)31(30,37)12-11-20(28(30)39-26)33-21(13-24(35)38-2)18-5-3-4-6-19(18)29(33)36/h3-7,10,17,20-22,27-28,34,37H,8-9,11-15H2,1-2H3/t20-,21?,22?,27-,28+,30+,31-,32?/m1/s1. The highest BCUT2D eigenvalue weighted by Gasteiger charge is 2.81. The van der Waals surface area contributed by atoms with Gasteiger partial charge < -0.3 is 24.6 Å². The van der Waals surface area contributed by atoms with Crippen LogP contribution in [-0.2, 0) is 14.9 Å². The van der Waals surface area contributed by atoms with E-state index in [0.29, 0.717) is 24.2 Å². The summed E-state index contributed by atoms with van der Waals surface area (Å²) in [6.45, 7) is 3.06. The molecule has 8 nitrogen and oxygen atoms in total. The van der Waals surface area contributed by atoms with Crippen LogP contribution in [0.1, 0.15) is 71.6 Å². The zero-order chi connectivity index (χ0) is 26.8. The van der Waals surface area contributed by atoms with Crippen molar-refractivity contribution < 1.29 is 29.3 Å². The molecular formula is C31H34N2O6. The smallest absolute Gasteiger partial charge is 0.307 e. The van der Waals surface area contributed by atoms with Gasteiger partial charge in [-0.3, -0.25) is 14.5 Å². The molecule has 0 bridgehead atoms. The Morgan fingerprint density at radius 3 is 2.72 bits per heavy atom. The van der Waals surface area contributed by atoms with Gasteiger partial charge in [-0.2, -0.15) is 0 Å². The first-order valence-electron chi connectivity index (χ1n) is 14.3. The highest BCUT2D eigenvalue weighted by atomic mass is 16.5. The molecule has 2 aromatic rings. The van der Waals surface area contributed by atoms with E-state index in [4.69, 9.17) is 9.47 Å². The van der Waals surface area contributed by atoms with Crippen molar-refractivity contribution in [1.29, 1.82) is 0 Å². The monoisotopic (exact) mass is 530 g/mol. The fourth-order valence-corrected chi connectivity index (χ4v) is 8.99. The van der Waals surface area contributed by atoms with Gasteiger partial charge in [-0.1, -0.05) is 24.3 Å². The van der Waals surface area contributed by atoms with Crippen LogP contribution in [0.25, 0.3) is 0 Å². The van der Waals surface area contributed by atoms with E-state index >= 15 is 0 Å². The predicted molar refractivity (Wildman–Crippen MR) is 141 cm³/mol. The normalized spacial score (nSPS) is 38.8. The molecule has 0 aromatic heterocycles. The Hall–Kier alpha value is -3.10. The Kier molecular flexibility index (Phi) is 4.73. The maximum Gasteiger partial charge on any atom is 0.307 e. The van der Waals surface area contributed by atoms with Crippen LogP contribution in [-0.4, -0.2) is 75.4 Å². The lowest BCUT2D eigenvalue weighted by molar-refractivity contribution is -0.145. The van der Waals surface area contributed by atoms with Crippen LogP contribution < -0.4 is 4.74 Å². The fourth-order valence-electron chi connectivity index (χ4n) is 8.99. The molecule has 3 heterocycles. The number of hydrogen-bond acceptors (Lipinski definition) is 7. The number of rotatable bonds is 5. The SMILES string of the molecule is COC(=O)CC1c2ccccc2C(=O)N1[C@@H]1CC[C@@]2(O)[C@H]3C(C[C@@]24c2c(C)ccc(O)c2O[C@@H]14)N3CC1CC1. The van der Waals surface area contributed by atoms with Gasteiger partial charge >= 0.3 is 5.97 Å². The van der Waals surface area contributed by atoms with E-state index in [2.05, 4.69) is 4.90 Å². The molecule has 0 radical (unpaired) electrons. The van der Waals surface area contributed by atoms with E-state index in [1.165, 1.54) is 20.0 Å². The number of hydrogen-bond donors (Lipinski definition) is 2. The number of benzene rings is 2. The highest BCUT2D eigenvalue weighted by Crippen LogP contribution is 2.70. The summed E-state index contributed by atoms with van der Waals surface area (Å²) in [6.07, 6.45) is 3.86. The molecule has 3 aliphatic carbocycles. The molecule has 2 aromatic carbocycles. The van der Waals surface area contributed by atoms with E-state index in [-0.39, 0.29) is 42.2 Å². The number of phenolic OH excluding ortho intramolecular Hbond substituents is 1. The van der Waals surface area contributed by atoms with Crippen LogP contribution in [0.15, 0.2) is 36.4 Å². The second-order valence-electron chi connectivity index (χ2n) is 12.6. The molecule has 2 N–H and O–H groups in total. The van der Waals surface area contributed by atoms with E-state index < -0.39 is 23.2 Å². The van der Waals surface area contributed by atoms with Crippen LogP contribution in [0, 0.1) is 12.8 Å². The Bertz CT molecular complexity index is 1420. The largest absolute Gasteiger partial charge is 0.504 e. The number of aryl methyl sites for hydroxylation is 1. The van der Waals surface area contributed by atoms with Gasteiger partial charge in [0.05, 0.1) is 42.7 Å². The number of carbonyl (C=O) groups is 2. The van der Waals surface area contributed by atoms with Gasteiger partial charge in [0.15, 0.2) is 11.5 Å². The van der Waals surface area contributed by atoms with Gasteiger partial charge in [0.1, 0.15) is 6.10 Å². The van der Waals surface area contributed by atoms with Gasteiger partial charge in [-0.05, 0) is 68.2 Å². The summed E-state index contributed by atoms with van der Waals surface area (Å²) in [5, 5.41) is 23.7. The third kappa shape index (κ3) is 2.91. The van der Waals surface area contributed by atoms with Crippen molar-refractivity contribution in [2.75, 3.05) is 13.7 Å². The lowest BCUT2D eigenvalue weighted by Crippen LogP contribution is -2.68. The zero-order valence-corrected chi connectivity index (χ0v) is 22.3. The molecule has 8 rings (SSSR count). The summed E-state index contributed by atoms with van der Waals surface area (Å²) >= 11 is 0. The van der Waals surface area contributed by atoms with E-state index in [0.717, 1.165) is 35.6 Å². The number of nitrogens with zero attached hydrogens (tertiary/aromatic N) is 2. The molecule has 3 saturated carbocycles. The number of carbonyl (C=O) groups excluding carboxylic acids is 2. The minimum absolute atomic E-state index is 0.0530. The lowest BCUT2D eigenvalue weighted by atomic mass is 9.57. The molecular weight excluding hydrogens is 496 g/mol. The third-order valence-electron chi connectivity index (χ3n) is 10.8. The van der Waals surface area contributed by atoms with Crippen LogP contribution >= 0.6 is 0 Å². The summed E-state index contributed by atoms with van der Waals surface area (Å²) in [4.78, 5) is 30.9. The number of piperidine rings is 1. The van der Waals surface area contributed by atoms with Crippen molar-refractivity contribution in [3.05, 3.63) is 58.7 Å². The Labute approximate surface area is 227 Å². The summed E-state index contributed by atoms with van der Waals surface area (Å²) in [6, 6.07) is 10.5. The lowest BCUT2D eigenvalue weighted by Gasteiger charge is -2.54. The second kappa shape index (κ2) is 7.76. The minimum atomic E-state index is -1.02. The topological polar surface area (TPSA) is 99.3 Å². The maximum atomic E-state index is 14.0. The van der Waals surface area contributed by atoms with Gasteiger partial charge in [-0.15, -0.1) is 0 Å². The number of esters is 1. The molecule has 3 unspecified atom stereocenters. The van der Waals surface area contributed by atoms with Crippen molar-refractivity contribution in [3.63, 3.8) is 0 Å². The predicted octanol–water partition coefficient (Wildman–Crippen LogP) is 3.22. The molecule has 39 heavy (non-hydrogen) atoms. The van der Waals surface area contributed by atoms with Gasteiger partial charge in [0.25, 0.3) is 5.91 Å². The number of amides is 1. The molecule has 1 saturated heterocycles. The molecule has 6 aliphatic rings. The minimum Gasteiger partial charge on any atom is -0.504 e. The Morgan fingerprint density at radius 2 is 1.95 bits per heavy atom. The summed E-state index contributed by atoms with van der Waals surface area (Å²) < 4.78 is 11.7. The number of likely N-dealkylation sites (tertiary alicyclic amines) is 1. The summed E-state index contributed by atoms with van der Waals surface area (Å²) in [7, 11) is 1.37. The zero-order valence-electron chi connectivity index (χ0n) is 22.3. The first-order chi connectivity index (χ1) is 18.8. The number of methoxy groups -OCH3 is 1. The van der Waals surface area contributed by atoms with Crippen molar-refractivity contribution in [3.8, 4) is 11.5 Å². The third-order valence-corrected chi connectivity index (χ3v) is 10.8. The molecule has 4 fully saturated rings. The van der Waals surface area contributed by atoms with Crippen molar-refractivity contribution in [2.24, 2.45) is 5.92 Å². The molecule has 3 aliphatic heterocycles. The number of fused-ring (bicyclic) bond motifs is 4. The van der Waals surface area contributed by atoms with Crippen LogP contribution in [0.3, 0.4) is 0 Å². The van der Waals surface area contributed by atoms with Crippen LogP contribution in [0.4, 0.5) is 0 Å².